The SMILES string of the molecule is COCC(CO)Nc1nc(N)cn2ccnc12. The third-order valence-corrected chi connectivity index (χ3v) is 2.32. The number of hydrogen-bond acceptors (Lipinski definition) is 6. The first-order valence-electron chi connectivity index (χ1n) is 5.20. The summed E-state index contributed by atoms with van der Waals surface area (Å²) in [6, 6.07) is -0.241. The maximum atomic E-state index is 9.18. The number of hydrogen-bond donors (Lipinski definition) is 3. The lowest BCUT2D eigenvalue weighted by Gasteiger charge is -2.16. The van der Waals surface area contributed by atoms with Gasteiger partial charge >= 0.3 is 0 Å². The number of rotatable bonds is 5. The molecule has 0 saturated heterocycles. The normalized spacial score (nSPS) is 12.8. The van der Waals surface area contributed by atoms with Gasteiger partial charge in [-0.25, -0.2) is 9.97 Å². The van der Waals surface area contributed by atoms with Crippen molar-refractivity contribution in [2.75, 3.05) is 31.4 Å². The Morgan fingerprint density at radius 1 is 1.65 bits per heavy atom. The van der Waals surface area contributed by atoms with Crippen LogP contribution in [0.15, 0.2) is 18.6 Å². The van der Waals surface area contributed by atoms with Crippen molar-refractivity contribution in [3.8, 4) is 0 Å². The summed E-state index contributed by atoms with van der Waals surface area (Å²) in [5.41, 5.74) is 6.34. The van der Waals surface area contributed by atoms with E-state index in [9.17, 15) is 5.11 Å². The van der Waals surface area contributed by atoms with Gasteiger partial charge in [0.25, 0.3) is 0 Å². The molecule has 2 heterocycles. The molecule has 17 heavy (non-hydrogen) atoms. The van der Waals surface area contributed by atoms with E-state index in [4.69, 9.17) is 10.5 Å². The third-order valence-electron chi connectivity index (χ3n) is 2.32. The van der Waals surface area contributed by atoms with Gasteiger partial charge in [-0.2, -0.15) is 0 Å². The molecule has 1 atom stereocenters. The van der Waals surface area contributed by atoms with Gasteiger partial charge < -0.3 is 25.3 Å². The number of nitrogens with one attached hydrogen (secondary N) is 1. The molecule has 0 aromatic carbocycles. The molecule has 4 N–H and O–H groups in total. The Hall–Kier alpha value is -1.86. The van der Waals surface area contributed by atoms with Crippen LogP contribution in [0.2, 0.25) is 0 Å². The molecule has 2 aromatic heterocycles. The molecule has 2 aromatic rings. The summed E-state index contributed by atoms with van der Waals surface area (Å²) in [7, 11) is 1.57. The molecular weight excluding hydrogens is 222 g/mol. The molecule has 0 saturated carbocycles. The number of aliphatic hydroxyl groups excluding tert-OH is 1. The first-order valence-corrected chi connectivity index (χ1v) is 5.20. The van der Waals surface area contributed by atoms with Crippen LogP contribution in [0.4, 0.5) is 11.6 Å². The van der Waals surface area contributed by atoms with Crippen molar-refractivity contribution >= 4 is 17.3 Å². The van der Waals surface area contributed by atoms with Gasteiger partial charge in [0.2, 0.25) is 0 Å². The lowest BCUT2D eigenvalue weighted by atomic mass is 10.3. The molecule has 0 bridgehead atoms. The zero-order valence-electron chi connectivity index (χ0n) is 9.50. The fourth-order valence-electron chi connectivity index (χ4n) is 1.58. The summed E-state index contributed by atoms with van der Waals surface area (Å²) in [6.07, 6.45) is 5.12. The van der Waals surface area contributed by atoms with Crippen LogP contribution in [0.1, 0.15) is 0 Å². The minimum Gasteiger partial charge on any atom is -0.394 e. The average molecular weight is 237 g/mol. The average Bonchev–Trinajstić information content (AvgIpc) is 2.76. The zero-order valence-corrected chi connectivity index (χ0v) is 9.50. The number of nitrogens with two attached hydrogens (primary N) is 1. The van der Waals surface area contributed by atoms with Crippen LogP contribution >= 0.6 is 0 Å². The van der Waals surface area contributed by atoms with Crippen molar-refractivity contribution in [1.29, 1.82) is 0 Å². The second-order valence-electron chi connectivity index (χ2n) is 3.65. The van der Waals surface area contributed by atoms with Crippen molar-refractivity contribution in [2.24, 2.45) is 0 Å². The van der Waals surface area contributed by atoms with E-state index in [1.807, 2.05) is 0 Å². The van der Waals surface area contributed by atoms with Gasteiger partial charge in [-0.05, 0) is 0 Å². The van der Waals surface area contributed by atoms with Crippen LogP contribution in [0, 0.1) is 0 Å². The highest BCUT2D eigenvalue weighted by atomic mass is 16.5. The van der Waals surface area contributed by atoms with E-state index in [1.54, 1.807) is 30.1 Å². The van der Waals surface area contributed by atoms with Crippen LogP contribution in [0.3, 0.4) is 0 Å². The molecule has 2 rings (SSSR count). The first kappa shape index (κ1) is 11.6. The monoisotopic (exact) mass is 237 g/mol. The number of fused-ring (bicyclic) bond motifs is 1. The van der Waals surface area contributed by atoms with E-state index in [0.29, 0.717) is 23.9 Å². The lowest BCUT2D eigenvalue weighted by Crippen LogP contribution is -2.29. The second-order valence-corrected chi connectivity index (χ2v) is 3.65. The Morgan fingerprint density at radius 3 is 3.18 bits per heavy atom. The van der Waals surface area contributed by atoms with E-state index in [2.05, 4.69) is 15.3 Å². The Bertz CT molecular complexity index is 498. The van der Waals surface area contributed by atoms with Gasteiger partial charge in [0.1, 0.15) is 5.82 Å². The van der Waals surface area contributed by atoms with E-state index in [1.165, 1.54) is 0 Å². The predicted molar refractivity (Wildman–Crippen MR) is 63.8 cm³/mol. The zero-order chi connectivity index (χ0) is 12.3. The van der Waals surface area contributed by atoms with Gasteiger partial charge in [0, 0.05) is 19.5 Å². The number of nitrogen functional groups attached to an aromatic ring is 1. The van der Waals surface area contributed by atoms with Gasteiger partial charge in [-0.15, -0.1) is 0 Å². The summed E-state index contributed by atoms with van der Waals surface area (Å²) in [5, 5.41) is 12.2. The highest BCUT2D eigenvalue weighted by molar-refractivity contribution is 5.65. The maximum absolute atomic E-state index is 9.18. The van der Waals surface area contributed by atoms with E-state index < -0.39 is 0 Å². The fraction of sp³-hybridized carbons (Fsp3) is 0.400. The molecule has 7 nitrogen and oxygen atoms in total. The molecule has 0 radical (unpaired) electrons. The predicted octanol–water partition coefficient (Wildman–Crippen LogP) is -0.269. The topological polar surface area (TPSA) is 97.7 Å². The molecule has 0 fully saturated rings. The van der Waals surface area contributed by atoms with E-state index in [-0.39, 0.29) is 12.6 Å². The maximum Gasteiger partial charge on any atom is 0.180 e. The Labute approximate surface area is 98.2 Å². The van der Waals surface area contributed by atoms with Gasteiger partial charge in [0.05, 0.1) is 25.5 Å². The van der Waals surface area contributed by atoms with Crippen LogP contribution in [0.5, 0.6) is 0 Å². The van der Waals surface area contributed by atoms with Crippen LogP contribution in [0.25, 0.3) is 5.65 Å². The molecule has 0 aliphatic rings. The van der Waals surface area contributed by atoms with Gasteiger partial charge in [0.15, 0.2) is 11.5 Å². The van der Waals surface area contributed by atoms with Crippen molar-refractivity contribution in [2.45, 2.75) is 6.04 Å². The molecule has 0 aliphatic carbocycles. The van der Waals surface area contributed by atoms with E-state index in [0.717, 1.165) is 0 Å². The Kier molecular flexibility index (Phi) is 3.40. The Morgan fingerprint density at radius 2 is 2.47 bits per heavy atom. The molecule has 0 amide bonds. The van der Waals surface area contributed by atoms with Crippen LogP contribution < -0.4 is 11.1 Å². The minimum atomic E-state index is -0.241. The minimum absolute atomic E-state index is 0.0583. The molecule has 1 unspecified atom stereocenters. The summed E-state index contributed by atoms with van der Waals surface area (Å²) >= 11 is 0. The van der Waals surface area contributed by atoms with Crippen molar-refractivity contribution in [1.82, 2.24) is 14.4 Å². The number of ether oxygens (including phenoxy) is 1. The second kappa shape index (κ2) is 4.98. The third kappa shape index (κ3) is 2.45. The fourth-order valence-corrected chi connectivity index (χ4v) is 1.58. The van der Waals surface area contributed by atoms with Crippen LogP contribution in [-0.2, 0) is 4.74 Å². The number of imidazole rings is 1. The summed E-state index contributed by atoms with van der Waals surface area (Å²) in [5.74, 6) is 0.915. The molecule has 0 spiro atoms. The van der Waals surface area contributed by atoms with Crippen molar-refractivity contribution in [3.63, 3.8) is 0 Å². The summed E-state index contributed by atoms with van der Waals surface area (Å²) < 4.78 is 6.75. The number of methoxy groups -OCH3 is 1. The van der Waals surface area contributed by atoms with Gasteiger partial charge in [-0.1, -0.05) is 0 Å². The van der Waals surface area contributed by atoms with Gasteiger partial charge in [-0.3, -0.25) is 0 Å². The highest BCUT2D eigenvalue weighted by Gasteiger charge is 2.12. The quantitative estimate of drug-likeness (QED) is 0.662. The smallest absolute Gasteiger partial charge is 0.180 e. The van der Waals surface area contributed by atoms with E-state index >= 15 is 0 Å². The summed E-state index contributed by atoms with van der Waals surface area (Å²) in [4.78, 5) is 8.33. The number of anilines is 2. The number of nitrogens with zero attached hydrogens (tertiary/aromatic N) is 3. The largest absolute Gasteiger partial charge is 0.394 e. The molecular formula is C10H15N5O2. The standard InChI is InChI=1S/C10H15N5O2/c1-17-6-7(5-16)13-9-10-12-2-3-15(10)4-8(11)14-9/h2-4,7,16H,5-6,11H2,1H3,(H,13,14). The highest BCUT2D eigenvalue weighted by Crippen LogP contribution is 2.15. The lowest BCUT2D eigenvalue weighted by molar-refractivity contribution is 0.153. The molecule has 92 valence electrons. The number of aliphatic hydroxyl groups is 1. The summed E-state index contributed by atoms with van der Waals surface area (Å²) in [6.45, 7) is 0.317. The van der Waals surface area contributed by atoms with Crippen molar-refractivity contribution in [3.05, 3.63) is 18.6 Å². The Balaban J connectivity index is 2.30. The van der Waals surface area contributed by atoms with Crippen LogP contribution in [-0.4, -0.2) is 45.8 Å². The molecule has 7 heteroatoms. The first-order chi connectivity index (χ1) is 8.24. The molecule has 0 aliphatic heterocycles. The van der Waals surface area contributed by atoms with Crippen molar-refractivity contribution < 1.29 is 9.84 Å². The number of aromatic nitrogens is 3.